The highest BCUT2D eigenvalue weighted by molar-refractivity contribution is 6.12. The number of fused-ring (bicyclic) bond motifs is 2. The lowest BCUT2D eigenvalue weighted by Gasteiger charge is -2.10. The minimum absolute atomic E-state index is 0.181. The van der Waals surface area contributed by atoms with Crippen molar-refractivity contribution in [3.8, 4) is 5.75 Å². The minimum atomic E-state index is -0.181. The van der Waals surface area contributed by atoms with Crippen LogP contribution in [0.25, 0.3) is 16.6 Å². The second-order valence-corrected chi connectivity index (χ2v) is 7.30. The Labute approximate surface area is 179 Å². The summed E-state index contributed by atoms with van der Waals surface area (Å²) in [5, 5.41) is 3.80. The van der Waals surface area contributed by atoms with Crippen LogP contribution in [-0.4, -0.2) is 20.3 Å². The van der Waals surface area contributed by atoms with Gasteiger partial charge in [-0.2, -0.15) is 0 Å². The molecule has 6 heteroatoms. The number of aromatic nitrogens is 3. The molecular formula is C25H20N4O2. The van der Waals surface area contributed by atoms with E-state index in [1.165, 1.54) is 0 Å². The van der Waals surface area contributed by atoms with Crippen molar-refractivity contribution in [2.75, 3.05) is 5.32 Å². The summed E-state index contributed by atoms with van der Waals surface area (Å²) in [7, 11) is 0. The van der Waals surface area contributed by atoms with E-state index in [-0.39, 0.29) is 5.91 Å². The summed E-state index contributed by atoms with van der Waals surface area (Å²) in [6, 6.07) is 22.7. The zero-order valence-electron chi connectivity index (χ0n) is 16.9. The summed E-state index contributed by atoms with van der Waals surface area (Å²) in [5.41, 5.74) is 4.57. The van der Waals surface area contributed by atoms with Crippen molar-refractivity contribution in [2.45, 2.75) is 13.5 Å². The maximum Gasteiger partial charge on any atom is 0.256 e. The van der Waals surface area contributed by atoms with E-state index >= 15 is 0 Å². The summed E-state index contributed by atoms with van der Waals surface area (Å²) in [6.07, 6.45) is 3.89. The molecule has 0 unspecified atom stereocenters. The predicted molar refractivity (Wildman–Crippen MR) is 120 cm³/mol. The van der Waals surface area contributed by atoms with Crippen LogP contribution in [0.4, 0.5) is 5.69 Å². The summed E-state index contributed by atoms with van der Waals surface area (Å²) >= 11 is 0. The highest BCUT2D eigenvalue weighted by Crippen LogP contribution is 2.22. The van der Waals surface area contributed by atoms with Crippen LogP contribution in [-0.2, 0) is 6.61 Å². The fraction of sp³-hybridized carbons (Fsp3) is 0.0800. The summed E-state index contributed by atoms with van der Waals surface area (Å²) in [4.78, 5) is 22.0. The fourth-order valence-corrected chi connectivity index (χ4v) is 3.57. The Kier molecular flexibility index (Phi) is 4.80. The van der Waals surface area contributed by atoms with Gasteiger partial charge in [0.1, 0.15) is 18.0 Å². The van der Waals surface area contributed by atoms with E-state index in [9.17, 15) is 4.79 Å². The molecule has 0 spiro atoms. The quantitative estimate of drug-likeness (QED) is 0.443. The molecule has 0 aliphatic rings. The van der Waals surface area contributed by atoms with Gasteiger partial charge in [-0.15, -0.1) is 0 Å². The molecule has 5 rings (SSSR count). The molecule has 0 fully saturated rings. The number of pyridine rings is 2. The second kappa shape index (κ2) is 7.91. The number of ether oxygens (including phenoxy) is 1. The number of hydrogen-bond acceptors (Lipinski definition) is 4. The largest absolute Gasteiger partial charge is 0.487 e. The maximum absolute atomic E-state index is 13.0. The first kappa shape index (κ1) is 18.8. The van der Waals surface area contributed by atoms with Crippen LogP contribution in [0.5, 0.6) is 5.75 Å². The number of carbonyl (C=O) groups is 1. The normalized spacial score (nSPS) is 11.0. The molecule has 1 amide bonds. The third kappa shape index (κ3) is 3.96. The first-order chi connectivity index (χ1) is 15.2. The zero-order valence-corrected chi connectivity index (χ0v) is 16.9. The van der Waals surface area contributed by atoms with Gasteiger partial charge in [-0.05, 0) is 43.3 Å². The van der Waals surface area contributed by atoms with Crippen molar-refractivity contribution < 1.29 is 9.53 Å². The minimum Gasteiger partial charge on any atom is -0.487 e. The standard InChI is InChI=1S/C25H20N4O2/c1-17-13-22(21-9-2-3-10-23(21)26-17)25(30)28-18-7-6-8-20(14-18)31-16-19-15-29-12-5-4-11-24(29)27-19/h2-15H,16H2,1H3,(H,28,30). The Morgan fingerprint density at radius 3 is 2.77 bits per heavy atom. The number of benzene rings is 2. The number of nitrogens with one attached hydrogen (secondary N) is 1. The number of nitrogens with zero attached hydrogens (tertiary/aromatic N) is 3. The molecule has 152 valence electrons. The van der Waals surface area contributed by atoms with E-state index < -0.39 is 0 Å². The lowest BCUT2D eigenvalue weighted by molar-refractivity contribution is 0.102. The molecule has 0 atom stereocenters. The van der Waals surface area contributed by atoms with Crippen LogP contribution in [0.3, 0.4) is 0 Å². The fourth-order valence-electron chi connectivity index (χ4n) is 3.57. The van der Waals surface area contributed by atoms with E-state index in [0.29, 0.717) is 23.6 Å². The Balaban J connectivity index is 1.33. The average molecular weight is 408 g/mol. The Morgan fingerprint density at radius 2 is 1.87 bits per heavy atom. The molecule has 0 saturated carbocycles. The van der Waals surface area contributed by atoms with Gasteiger partial charge in [-0.3, -0.25) is 9.78 Å². The van der Waals surface area contributed by atoms with Gasteiger partial charge in [-0.25, -0.2) is 4.98 Å². The molecule has 0 aliphatic carbocycles. The average Bonchev–Trinajstić information content (AvgIpc) is 3.20. The van der Waals surface area contributed by atoms with Gasteiger partial charge in [0.25, 0.3) is 5.91 Å². The second-order valence-electron chi connectivity index (χ2n) is 7.30. The number of para-hydroxylation sites is 1. The molecule has 6 nitrogen and oxygen atoms in total. The van der Waals surface area contributed by atoms with Crippen molar-refractivity contribution in [1.82, 2.24) is 14.4 Å². The van der Waals surface area contributed by atoms with Crippen LogP contribution < -0.4 is 10.1 Å². The smallest absolute Gasteiger partial charge is 0.256 e. The monoisotopic (exact) mass is 408 g/mol. The number of amides is 1. The van der Waals surface area contributed by atoms with E-state index in [1.807, 2.05) is 90.4 Å². The van der Waals surface area contributed by atoms with Gasteiger partial charge >= 0.3 is 0 Å². The lowest BCUT2D eigenvalue weighted by atomic mass is 10.1. The number of anilines is 1. The van der Waals surface area contributed by atoms with E-state index in [1.54, 1.807) is 6.07 Å². The van der Waals surface area contributed by atoms with E-state index in [0.717, 1.165) is 27.9 Å². The molecule has 31 heavy (non-hydrogen) atoms. The van der Waals surface area contributed by atoms with Gasteiger partial charge in [0.05, 0.1) is 16.8 Å². The van der Waals surface area contributed by atoms with Crippen LogP contribution in [0.2, 0.25) is 0 Å². The summed E-state index contributed by atoms with van der Waals surface area (Å²) in [6.45, 7) is 2.23. The van der Waals surface area contributed by atoms with Crippen LogP contribution in [0.1, 0.15) is 21.7 Å². The summed E-state index contributed by atoms with van der Waals surface area (Å²) in [5.74, 6) is 0.477. The Hall–Kier alpha value is -4.19. The van der Waals surface area contributed by atoms with Crippen molar-refractivity contribution >= 4 is 28.1 Å². The molecule has 2 aromatic carbocycles. The van der Waals surface area contributed by atoms with Gasteiger partial charge in [0, 0.05) is 35.2 Å². The third-order valence-corrected chi connectivity index (χ3v) is 4.98. The lowest BCUT2D eigenvalue weighted by Crippen LogP contribution is -2.13. The molecule has 3 heterocycles. The molecule has 0 aliphatic heterocycles. The van der Waals surface area contributed by atoms with Gasteiger partial charge in [0.15, 0.2) is 0 Å². The predicted octanol–water partition coefficient (Wildman–Crippen LogP) is 5.02. The van der Waals surface area contributed by atoms with Crippen molar-refractivity contribution in [3.05, 3.63) is 102 Å². The van der Waals surface area contributed by atoms with E-state index in [4.69, 9.17) is 4.74 Å². The highest BCUT2D eigenvalue weighted by atomic mass is 16.5. The van der Waals surface area contributed by atoms with Crippen molar-refractivity contribution in [2.24, 2.45) is 0 Å². The van der Waals surface area contributed by atoms with Crippen molar-refractivity contribution in [3.63, 3.8) is 0 Å². The van der Waals surface area contributed by atoms with Gasteiger partial charge in [0.2, 0.25) is 0 Å². The third-order valence-electron chi connectivity index (χ3n) is 4.98. The highest BCUT2D eigenvalue weighted by Gasteiger charge is 2.12. The molecule has 0 bridgehead atoms. The Bertz CT molecular complexity index is 1370. The first-order valence-electron chi connectivity index (χ1n) is 9.99. The maximum atomic E-state index is 13.0. The molecule has 0 saturated heterocycles. The van der Waals surface area contributed by atoms with Gasteiger partial charge in [-0.1, -0.05) is 30.3 Å². The van der Waals surface area contributed by atoms with E-state index in [2.05, 4.69) is 15.3 Å². The van der Waals surface area contributed by atoms with Crippen LogP contribution >= 0.6 is 0 Å². The van der Waals surface area contributed by atoms with Crippen LogP contribution in [0, 0.1) is 6.92 Å². The molecular weight excluding hydrogens is 388 g/mol. The zero-order chi connectivity index (χ0) is 21.2. The molecule has 0 radical (unpaired) electrons. The topological polar surface area (TPSA) is 68.5 Å². The number of aryl methyl sites for hydroxylation is 1. The van der Waals surface area contributed by atoms with Gasteiger partial charge < -0.3 is 14.5 Å². The molecule has 1 N–H and O–H groups in total. The Morgan fingerprint density at radius 1 is 1.00 bits per heavy atom. The molecule has 5 aromatic rings. The number of rotatable bonds is 5. The summed E-state index contributed by atoms with van der Waals surface area (Å²) < 4.78 is 7.86. The SMILES string of the molecule is Cc1cc(C(=O)Nc2cccc(OCc3cn4ccccc4n3)c2)c2ccccc2n1. The number of hydrogen-bond donors (Lipinski definition) is 1. The van der Waals surface area contributed by atoms with Crippen molar-refractivity contribution in [1.29, 1.82) is 0 Å². The van der Waals surface area contributed by atoms with Crippen LogP contribution in [0.15, 0.2) is 85.2 Å². The number of imidazole rings is 1. The molecule has 3 aromatic heterocycles. The first-order valence-corrected chi connectivity index (χ1v) is 9.99. The number of carbonyl (C=O) groups excluding carboxylic acids is 1.